The summed E-state index contributed by atoms with van der Waals surface area (Å²) in [6.07, 6.45) is 2.32. The Labute approximate surface area is 125 Å². The molecule has 0 bridgehead atoms. The zero-order valence-electron chi connectivity index (χ0n) is 12.7. The number of hydrogen-bond acceptors (Lipinski definition) is 5. The van der Waals surface area contributed by atoms with Gasteiger partial charge >= 0.3 is 0 Å². The molecule has 6 nitrogen and oxygen atoms in total. The van der Waals surface area contributed by atoms with E-state index in [1.165, 1.54) is 12.5 Å². The van der Waals surface area contributed by atoms with E-state index in [1.54, 1.807) is 12.1 Å². The maximum absolute atomic E-state index is 11.2. The lowest BCUT2D eigenvalue weighted by atomic mass is 10.1. The van der Waals surface area contributed by atoms with Crippen molar-refractivity contribution in [3.63, 3.8) is 0 Å². The molecule has 1 aromatic rings. The molecular weight excluding hydrogens is 270 g/mol. The number of nitro groups is 1. The van der Waals surface area contributed by atoms with Crippen molar-refractivity contribution in [2.75, 3.05) is 31.6 Å². The molecule has 0 amide bonds. The van der Waals surface area contributed by atoms with Crippen molar-refractivity contribution in [1.29, 1.82) is 0 Å². The van der Waals surface area contributed by atoms with Gasteiger partial charge in [0.25, 0.3) is 5.69 Å². The van der Waals surface area contributed by atoms with Crippen molar-refractivity contribution < 1.29 is 10.0 Å². The molecule has 0 radical (unpaired) electrons. The van der Waals surface area contributed by atoms with Crippen LogP contribution in [0.1, 0.15) is 25.3 Å². The largest absolute Gasteiger partial charge is 0.392 e. The summed E-state index contributed by atoms with van der Waals surface area (Å²) < 4.78 is 0. The zero-order chi connectivity index (χ0) is 15.4. The summed E-state index contributed by atoms with van der Waals surface area (Å²) in [5, 5.41) is 20.4. The van der Waals surface area contributed by atoms with Gasteiger partial charge < -0.3 is 10.0 Å². The van der Waals surface area contributed by atoms with Crippen molar-refractivity contribution in [3.8, 4) is 0 Å². The number of hydrogen-bond donors (Lipinski definition) is 1. The minimum Gasteiger partial charge on any atom is -0.392 e. The van der Waals surface area contributed by atoms with E-state index in [-0.39, 0.29) is 17.2 Å². The molecule has 0 aliphatic carbocycles. The van der Waals surface area contributed by atoms with Crippen molar-refractivity contribution in [3.05, 3.63) is 33.9 Å². The summed E-state index contributed by atoms with van der Waals surface area (Å²) in [6, 6.07) is 5.23. The smallest absolute Gasteiger partial charge is 0.292 e. The Bertz CT molecular complexity index is 507. The molecule has 1 aromatic carbocycles. The molecule has 2 rings (SSSR count). The molecule has 1 aliphatic heterocycles. The fourth-order valence-corrected chi connectivity index (χ4v) is 3.06. The number of benzene rings is 1. The first-order valence-electron chi connectivity index (χ1n) is 7.40. The van der Waals surface area contributed by atoms with E-state index in [9.17, 15) is 15.2 Å². The van der Waals surface area contributed by atoms with Crippen molar-refractivity contribution in [2.45, 2.75) is 32.4 Å². The summed E-state index contributed by atoms with van der Waals surface area (Å²) in [6.45, 7) is 4.92. The van der Waals surface area contributed by atoms with Gasteiger partial charge in [-0.1, -0.05) is 6.92 Å². The third-order valence-corrected chi connectivity index (χ3v) is 4.22. The standard InChI is InChI=1S/C15H23N3O3/c1-3-17-8-4-5-13(17)10-16(2)15-9-12(11-19)6-7-14(15)18(20)21/h6-7,9,13,19H,3-5,8,10-11H2,1-2H3. The lowest BCUT2D eigenvalue weighted by Crippen LogP contribution is -2.38. The molecule has 0 aromatic heterocycles. The van der Waals surface area contributed by atoms with E-state index in [4.69, 9.17) is 0 Å². The Balaban J connectivity index is 2.20. The van der Waals surface area contributed by atoms with E-state index >= 15 is 0 Å². The summed E-state index contributed by atoms with van der Waals surface area (Å²) >= 11 is 0. The zero-order valence-corrected chi connectivity index (χ0v) is 12.7. The molecule has 21 heavy (non-hydrogen) atoms. The summed E-state index contributed by atoms with van der Waals surface area (Å²) in [7, 11) is 1.88. The summed E-state index contributed by atoms with van der Waals surface area (Å²) in [4.78, 5) is 15.2. The maximum atomic E-state index is 11.2. The van der Waals surface area contributed by atoms with E-state index in [2.05, 4.69) is 11.8 Å². The molecule has 1 aliphatic rings. The van der Waals surface area contributed by atoms with Crippen LogP contribution in [0.15, 0.2) is 18.2 Å². The Kier molecular flexibility index (Phi) is 5.14. The number of rotatable bonds is 6. The van der Waals surface area contributed by atoms with Crippen molar-refractivity contribution >= 4 is 11.4 Å². The van der Waals surface area contributed by atoms with Crippen LogP contribution in [-0.4, -0.2) is 47.7 Å². The number of aliphatic hydroxyl groups is 1. The van der Waals surface area contributed by atoms with Crippen LogP contribution in [0.4, 0.5) is 11.4 Å². The molecule has 0 spiro atoms. The first-order chi connectivity index (χ1) is 10.1. The topological polar surface area (TPSA) is 69.8 Å². The lowest BCUT2D eigenvalue weighted by molar-refractivity contribution is -0.384. The van der Waals surface area contributed by atoms with Crippen LogP contribution >= 0.6 is 0 Å². The van der Waals surface area contributed by atoms with Gasteiger partial charge in [-0.15, -0.1) is 0 Å². The molecule has 6 heteroatoms. The number of likely N-dealkylation sites (tertiary alicyclic amines) is 1. The average molecular weight is 293 g/mol. The normalized spacial score (nSPS) is 18.9. The second-order valence-electron chi connectivity index (χ2n) is 5.54. The van der Waals surface area contributed by atoms with Gasteiger partial charge in [0.05, 0.1) is 11.5 Å². The quantitative estimate of drug-likeness (QED) is 0.642. The van der Waals surface area contributed by atoms with Crippen LogP contribution in [0.3, 0.4) is 0 Å². The minimum atomic E-state index is -0.362. The van der Waals surface area contributed by atoms with Crippen molar-refractivity contribution in [2.24, 2.45) is 0 Å². The average Bonchev–Trinajstić information content (AvgIpc) is 2.93. The van der Waals surface area contributed by atoms with Crippen LogP contribution in [-0.2, 0) is 6.61 Å². The molecular formula is C15H23N3O3. The molecule has 116 valence electrons. The monoisotopic (exact) mass is 293 g/mol. The van der Waals surface area contributed by atoms with Crippen LogP contribution in [0.5, 0.6) is 0 Å². The van der Waals surface area contributed by atoms with Crippen LogP contribution < -0.4 is 4.90 Å². The Morgan fingerprint density at radius 1 is 1.52 bits per heavy atom. The highest BCUT2D eigenvalue weighted by Crippen LogP contribution is 2.30. The number of nitrogens with zero attached hydrogens (tertiary/aromatic N) is 3. The van der Waals surface area contributed by atoms with E-state index in [0.717, 1.165) is 26.1 Å². The Hall–Kier alpha value is -1.66. The van der Waals surface area contributed by atoms with E-state index in [0.29, 0.717) is 17.3 Å². The predicted molar refractivity (Wildman–Crippen MR) is 82.6 cm³/mol. The van der Waals surface area contributed by atoms with Gasteiger partial charge in [-0.2, -0.15) is 0 Å². The van der Waals surface area contributed by atoms with Crippen LogP contribution in [0.25, 0.3) is 0 Å². The predicted octanol–water partition coefficient (Wildman–Crippen LogP) is 2.01. The Morgan fingerprint density at radius 2 is 2.29 bits per heavy atom. The second kappa shape index (κ2) is 6.87. The van der Waals surface area contributed by atoms with E-state index in [1.807, 2.05) is 11.9 Å². The Morgan fingerprint density at radius 3 is 2.90 bits per heavy atom. The molecule has 1 atom stereocenters. The highest BCUT2D eigenvalue weighted by atomic mass is 16.6. The van der Waals surface area contributed by atoms with Crippen LogP contribution in [0.2, 0.25) is 0 Å². The highest BCUT2D eigenvalue weighted by Gasteiger charge is 2.26. The van der Waals surface area contributed by atoms with Gasteiger partial charge in [0.1, 0.15) is 5.69 Å². The SMILES string of the molecule is CCN1CCCC1CN(C)c1cc(CO)ccc1[N+](=O)[O-]. The summed E-state index contributed by atoms with van der Waals surface area (Å²) in [5.74, 6) is 0. The molecule has 1 saturated heterocycles. The van der Waals surface area contributed by atoms with Gasteiger partial charge in [0.2, 0.25) is 0 Å². The van der Waals surface area contributed by atoms with Gasteiger partial charge in [-0.05, 0) is 43.6 Å². The van der Waals surface area contributed by atoms with Crippen molar-refractivity contribution in [1.82, 2.24) is 4.90 Å². The molecule has 1 unspecified atom stereocenters. The molecule has 1 heterocycles. The summed E-state index contributed by atoms with van der Waals surface area (Å²) in [5.41, 5.74) is 1.37. The number of nitro benzene ring substituents is 1. The molecule has 1 N–H and O–H groups in total. The van der Waals surface area contributed by atoms with Gasteiger partial charge in [0, 0.05) is 25.7 Å². The minimum absolute atomic E-state index is 0.0933. The molecule has 1 fully saturated rings. The first kappa shape index (κ1) is 15.7. The number of anilines is 1. The lowest BCUT2D eigenvalue weighted by Gasteiger charge is -2.29. The highest BCUT2D eigenvalue weighted by molar-refractivity contribution is 5.64. The number of aliphatic hydroxyl groups excluding tert-OH is 1. The maximum Gasteiger partial charge on any atom is 0.292 e. The molecule has 0 saturated carbocycles. The first-order valence-corrected chi connectivity index (χ1v) is 7.40. The third kappa shape index (κ3) is 3.51. The fourth-order valence-electron chi connectivity index (χ4n) is 3.06. The number of likely N-dealkylation sites (N-methyl/N-ethyl adjacent to an activating group) is 2. The van der Waals surface area contributed by atoms with Gasteiger partial charge in [-0.3, -0.25) is 15.0 Å². The van der Waals surface area contributed by atoms with Gasteiger partial charge in [-0.25, -0.2) is 0 Å². The fraction of sp³-hybridized carbons (Fsp3) is 0.600. The second-order valence-corrected chi connectivity index (χ2v) is 5.54. The third-order valence-electron chi connectivity index (χ3n) is 4.22. The van der Waals surface area contributed by atoms with Gasteiger partial charge in [0.15, 0.2) is 0 Å². The van der Waals surface area contributed by atoms with Crippen LogP contribution in [0, 0.1) is 10.1 Å². The van der Waals surface area contributed by atoms with E-state index < -0.39 is 0 Å².